The summed E-state index contributed by atoms with van der Waals surface area (Å²) in [7, 11) is -3.87. The number of hydrogen-bond donors (Lipinski definition) is 3. The van der Waals surface area contributed by atoms with Gasteiger partial charge in [-0.3, -0.25) is 9.59 Å². The molecular formula is C24H39ClN6O4S. The first kappa shape index (κ1) is 30.0. The van der Waals surface area contributed by atoms with E-state index in [9.17, 15) is 18.0 Å². The van der Waals surface area contributed by atoms with Crippen LogP contribution in [0.25, 0.3) is 0 Å². The minimum atomic E-state index is -3.87. The van der Waals surface area contributed by atoms with Crippen molar-refractivity contribution in [2.24, 2.45) is 16.9 Å². The van der Waals surface area contributed by atoms with Crippen molar-refractivity contribution in [1.29, 1.82) is 0 Å². The maximum absolute atomic E-state index is 13.5. The summed E-state index contributed by atoms with van der Waals surface area (Å²) in [6.07, 6.45) is 5.19. The Morgan fingerprint density at radius 1 is 1.17 bits per heavy atom. The zero-order chi connectivity index (χ0) is 25.4. The van der Waals surface area contributed by atoms with Crippen LogP contribution in [0.2, 0.25) is 0 Å². The van der Waals surface area contributed by atoms with Gasteiger partial charge in [0.15, 0.2) is 5.78 Å². The van der Waals surface area contributed by atoms with Gasteiger partial charge >= 0.3 is 0 Å². The summed E-state index contributed by atoms with van der Waals surface area (Å²) in [6, 6.07) is 6.69. The summed E-state index contributed by atoms with van der Waals surface area (Å²) in [5, 5.41) is 6.90. The molecule has 10 nitrogen and oxygen atoms in total. The molecule has 2 aliphatic rings. The number of nitrogens with one attached hydrogen (secondary N) is 2. The van der Waals surface area contributed by atoms with Crippen molar-refractivity contribution in [3.05, 3.63) is 30.3 Å². The van der Waals surface area contributed by atoms with E-state index in [0.29, 0.717) is 25.8 Å². The Hall–Kier alpha value is -2.21. The lowest BCUT2D eigenvalue weighted by Crippen LogP contribution is -2.54. The number of nitrogens with two attached hydrogens (primary N) is 1. The molecule has 12 heteroatoms. The number of Topliss-reactive ketones (excluding diaryl/α,β-unsaturated/α-hetero) is 1. The smallest absolute Gasteiger partial charge is 0.241 e. The monoisotopic (exact) mass is 542 g/mol. The van der Waals surface area contributed by atoms with Crippen LogP contribution >= 0.6 is 12.4 Å². The lowest BCUT2D eigenvalue weighted by atomic mass is 10.0. The highest BCUT2D eigenvalue weighted by molar-refractivity contribution is 7.89. The average molecular weight is 543 g/mol. The fraction of sp³-hybridized carbons (Fsp3) is 0.625. The lowest BCUT2D eigenvalue weighted by Gasteiger charge is -2.32. The molecule has 36 heavy (non-hydrogen) atoms. The molecule has 1 aromatic rings. The van der Waals surface area contributed by atoms with Gasteiger partial charge in [-0.15, -0.1) is 12.4 Å². The number of halogens is 1. The van der Waals surface area contributed by atoms with Crippen LogP contribution in [0.3, 0.4) is 0 Å². The van der Waals surface area contributed by atoms with E-state index in [-0.39, 0.29) is 47.5 Å². The predicted molar refractivity (Wildman–Crippen MR) is 142 cm³/mol. The van der Waals surface area contributed by atoms with Crippen molar-refractivity contribution in [1.82, 2.24) is 19.8 Å². The summed E-state index contributed by atoms with van der Waals surface area (Å²) in [5.74, 6) is 4.96. The van der Waals surface area contributed by atoms with Crippen molar-refractivity contribution in [3.63, 3.8) is 0 Å². The number of hydrogen-bond acceptors (Lipinski definition) is 7. The number of rotatable bonds is 11. The molecule has 0 spiro atoms. The van der Waals surface area contributed by atoms with Gasteiger partial charge in [0.2, 0.25) is 15.9 Å². The molecule has 1 unspecified atom stereocenters. The zero-order valence-electron chi connectivity index (χ0n) is 21.0. The van der Waals surface area contributed by atoms with Crippen LogP contribution in [0, 0.1) is 5.92 Å². The molecule has 0 radical (unpaired) electrons. The quantitative estimate of drug-likeness (QED) is 0.166. The SMILES string of the molecule is CC(C)C[C@@H](NS(=O)(=O)c1ccccc1)C(=O)N1CCC[C@H]1C(=O)CNC1CCCN(C=NN)C1.Cl. The van der Waals surface area contributed by atoms with Gasteiger partial charge in [0.25, 0.3) is 0 Å². The zero-order valence-corrected chi connectivity index (χ0v) is 22.6. The van der Waals surface area contributed by atoms with E-state index in [4.69, 9.17) is 5.84 Å². The summed E-state index contributed by atoms with van der Waals surface area (Å²) in [5.41, 5.74) is 0. The third-order valence-electron chi connectivity index (χ3n) is 6.51. The third-order valence-corrected chi connectivity index (χ3v) is 8.00. The molecule has 3 rings (SSSR count). The van der Waals surface area contributed by atoms with Crippen molar-refractivity contribution < 1.29 is 18.0 Å². The molecule has 0 aliphatic carbocycles. The number of amides is 1. The number of benzene rings is 1. The number of ketones is 1. The fourth-order valence-electron chi connectivity index (χ4n) is 4.83. The molecule has 0 saturated carbocycles. The van der Waals surface area contributed by atoms with Crippen LogP contribution in [0.15, 0.2) is 40.3 Å². The molecule has 2 aliphatic heterocycles. The van der Waals surface area contributed by atoms with Gasteiger partial charge in [-0.2, -0.15) is 9.82 Å². The third kappa shape index (κ3) is 8.16. The largest absolute Gasteiger partial charge is 0.360 e. The van der Waals surface area contributed by atoms with Gasteiger partial charge in [-0.1, -0.05) is 32.0 Å². The molecule has 3 atom stereocenters. The standard InChI is InChI=1S/C24H38N6O4S.ClH/c1-18(2)14-21(28-35(33,34)20-9-4-3-5-10-20)24(32)30-13-7-11-22(30)23(31)15-26-19-8-6-12-29(16-19)17-27-25;/h3-5,9-10,17-19,21-22,26,28H,6-8,11-16,25H2,1-2H3;1H/t19?,21-,22+;/m1./s1. The van der Waals surface area contributed by atoms with Crippen LogP contribution in [0.1, 0.15) is 46.0 Å². The van der Waals surface area contributed by atoms with Crippen LogP contribution in [-0.4, -0.2) is 80.6 Å². The maximum Gasteiger partial charge on any atom is 0.241 e. The van der Waals surface area contributed by atoms with Crippen molar-refractivity contribution in [3.8, 4) is 0 Å². The van der Waals surface area contributed by atoms with E-state index >= 15 is 0 Å². The van der Waals surface area contributed by atoms with Gasteiger partial charge < -0.3 is 21.0 Å². The molecule has 1 aromatic carbocycles. The topological polar surface area (TPSA) is 137 Å². The van der Waals surface area contributed by atoms with Crippen LogP contribution in [0.4, 0.5) is 0 Å². The Bertz CT molecular complexity index is 992. The van der Waals surface area contributed by atoms with Crippen molar-refractivity contribution >= 4 is 40.5 Å². The molecule has 1 amide bonds. The van der Waals surface area contributed by atoms with Gasteiger partial charge in [0.1, 0.15) is 12.4 Å². The number of carbonyl (C=O) groups is 2. The van der Waals surface area contributed by atoms with Gasteiger partial charge in [-0.05, 0) is 50.2 Å². The Morgan fingerprint density at radius 2 is 1.86 bits per heavy atom. The molecule has 0 bridgehead atoms. The van der Waals surface area contributed by atoms with E-state index in [1.165, 1.54) is 12.1 Å². The highest BCUT2D eigenvalue weighted by Crippen LogP contribution is 2.22. The second kappa shape index (κ2) is 13.9. The molecule has 2 saturated heterocycles. The first-order chi connectivity index (χ1) is 16.7. The summed E-state index contributed by atoms with van der Waals surface area (Å²) in [6.45, 7) is 6.10. The predicted octanol–water partition coefficient (Wildman–Crippen LogP) is 1.32. The number of piperidine rings is 1. The highest BCUT2D eigenvalue weighted by Gasteiger charge is 2.38. The minimum absolute atomic E-state index is 0. The molecule has 0 aromatic heterocycles. The van der Waals surface area contributed by atoms with Gasteiger partial charge in [0, 0.05) is 25.7 Å². The maximum atomic E-state index is 13.5. The lowest BCUT2D eigenvalue weighted by molar-refractivity contribution is -0.139. The summed E-state index contributed by atoms with van der Waals surface area (Å²) < 4.78 is 28.5. The van der Waals surface area contributed by atoms with Crippen molar-refractivity contribution in [2.45, 2.75) is 69.0 Å². The van der Waals surface area contributed by atoms with E-state index < -0.39 is 22.1 Å². The van der Waals surface area contributed by atoms with Crippen LogP contribution in [-0.2, 0) is 19.6 Å². The number of nitrogens with zero attached hydrogens (tertiary/aromatic N) is 3. The van der Waals surface area contributed by atoms with E-state index in [1.807, 2.05) is 18.7 Å². The van der Waals surface area contributed by atoms with E-state index in [2.05, 4.69) is 15.1 Å². The Kier molecular flexibility index (Phi) is 11.6. The first-order valence-corrected chi connectivity index (χ1v) is 13.8. The Labute approximate surface area is 220 Å². The second-order valence-electron chi connectivity index (χ2n) is 9.75. The molecule has 202 valence electrons. The normalized spacial score (nSPS) is 21.5. The summed E-state index contributed by atoms with van der Waals surface area (Å²) >= 11 is 0. The van der Waals surface area contributed by atoms with E-state index in [1.54, 1.807) is 29.4 Å². The Morgan fingerprint density at radius 3 is 2.53 bits per heavy atom. The second-order valence-corrected chi connectivity index (χ2v) is 11.5. The minimum Gasteiger partial charge on any atom is -0.360 e. The number of carbonyl (C=O) groups excluding carboxylic acids is 2. The number of likely N-dealkylation sites (tertiary alicyclic amines) is 2. The number of hydrazone groups is 1. The fourth-order valence-corrected chi connectivity index (χ4v) is 6.05. The summed E-state index contributed by atoms with van der Waals surface area (Å²) in [4.78, 5) is 30.3. The highest BCUT2D eigenvalue weighted by atomic mass is 35.5. The van der Waals surface area contributed by atoms with Crippen LogP contribution < -0.4 is 15.9 Å². The van der Waals surface area contributed by atoms with Crippen molar-refractivity contribution in [2.75, 3.05) is 26.2 Å². The molecule has 4 N–H and O–H groups in total. The van der Waals surface area contributed by atoms with Gasteiger partial charge in [0.05, 0.1) is 17.5 Å². The first-order valence-electron chi connectivity index (χ1n) is 12.3. The van der Waals surface area contributed by atoms with E-state index in [0.717, 1.165) is 25.9 Å². The molecule has 2 fully saturated rings. The molecular weight excluding hydrogens is 504 g/mol. The average Bonchev–Trinajstić information content (AvgIpc) is 3.32. The molecule has 2 heterocycles. The van der Waals surface area contributed by atoms with Crippen LogP contribution in [0.5, 0.6) is 0 Å². The Balaban J connectivity index is 0.00000456. The number of sulfonamides is 1. The van der Waals surface area contributed by atoms with Gasteiger partial charge in [-0.25, -0.2) is 8.42 Å².